The summed E-state index contributed by atoms with van der Waals surface area (Å²) in [6.07, 6.45) is 2.28. The molecular weight excluding hydrogens is 456 g/mol. The van der Waals surface area contributed by atoms with Gasteiger partial charge in [0.25, 0.3) is 0 Å². The smallest absolute Gasteiger partial charge is 0.354 e. The van der Waals surface area contributed by atoms with Crippen LogP contribution >= 0.6 is 11.3 Å². The van der Waals surface area contributed by atoms with Crippen molar-refractivity contribution in [1.29, 1.82) is 0 Å². The third-order valence-corrected chi connectivity index (χ3v) is 8.12. The van der Waals surface area contributed by atoms with E-state index in [0.717, 1.165) is 4.70 Å². The highest BCUT2D eigenvalue weighted by molar-refractivity contribution is 7.89. The summed E-state index contributed by atoms with van der Waals surface area (Å²) in [6.45, 7) is 0.208. The lowest BCUT2D eigenvalue weighted by Gasteiger charge is -2.22. The third kappa shape index (κ3) is 3.96. The molecule has 1 fully saturated rings. The molecule has 1 atom stereocenters. The van der Waals surface area contributed by atoms with Gasteiger partial charge in [0.05, 0.1) is 24.4 Å². The van der Waals surface area contributed by atoms with Crippen LogP contribution in [-0.2, 0) is 26.6 Å². The van der Waals surface area contributed by atoms with E-state index in [1.165, 1.54) is 39.6 Å². The van der Waals surface area contributed by atoms with Crippen LogP contribution < -0.4 is 10.1 Å². The van der Waals surface area contributed by atoms with Crippen LogP contribution in [0, 0.1) is 0 Å². The Balaban J connectivity index is 1.56. The van der Waals surface area contributed by atoms with Crippen molar-refractivity contribution in [2.45, 2.75) is 23.8 Å². The van der Waals surface area contributed by atoms with E-state index in [2.05, 4.69) is 15.0 Å². The number of aryl methyl sites for hydroxylation is 1. The van der Waals surface area contributed by atoms with Gasteiger partial charge in [-0.2, -0.15) is 4.31 Å². The van der Waals surface area contributed by atoms with Crippen molar-refractivity contribution in [2.24, 2.45) is 7.05 Å². The van der Waals surface area contributed by atoms with Crippen molar-refractivity contribution in [3.05, 3.63) is 36.2 Å². The number of carbonyl (C=O) groups excluding carboxylic acids is 2. The predicted molar refractivity (Wildman–Crippen MR) is 118 cm³/mol. The van der Waals surface area contributed by atoms with Gasteiger partial charge in [-0.1, -0.05) is 11.3 Å². The van der Waals surface area contributed by atoms with Crippen molar-refractivity contribution >= 4 is 48.6 Å². The number of benzene rings is 1. The van der Waals surface area contributed by atoms with Crippen molar-refractivity contribution in [3.8, 4) is 5.75 Å². The molecule has 1 aromatic carbocycles. The van der Waals surface area contributed by atoms with Gasteiger partial charge in [0.2, 0.25) is 15.9 Å². The number of hydrogen-bond donors (Lipinski definition) is 1. The maximum absolute atomic E-state index is 13.2. The van der Waals surface area contributed by atoms with Crippen LogP contribution in [0.1, 0.15) is 23.3 Å². The van der Waals surface area contributed by atoms with Crippen LogP contribution in [0.4, 0.5) is 5.13 Å². The zero-order valence-corrected chi connectivity index (χ0v) is 19.3. The average molecular weight is 479 g/mol. The number of thiazole rings is 1. The molecular formula is C20H22N4O6S2. The fraction of sp³-hybridized carbons (Fsp3) is 0.350. The van der Waals surface area contributed by atoms with Crippen LogP contribution in [0.15, 0.2) is 35.4 Å². The van der Waals surface area contributed by atoms with Crippen LogP contribution in [0.25, 0.3) is 10.2 Å². The van der Waals surface area contributed by atoms with E-state index in [4.69, 9.17) is 4.74 Å². The first kappa shape index (κ1) is 22.2. The molecule has 3 heterocycles. The summed E-state index contributed by atoms with van der Waals surface area (Å²) in [7, 11) is 0.360. The van der Waals surface area contributed by atoms with Gasteiger partial charge in [-0.15, -0.1) is 0 Å². The van der Waals surface area contributed by atoms with Gasteiger partial charge >= 0.3 is 5.97 Å². The number of esters is 1. The molecule has 0 spiro atoms. The Hall–Kier alpha value is -2.96. The Morgan fingerprint density at radius 3 is 2.75 bits per heavy atom. The minimum absolute atomic E-state index is 0.0628. The Kier molecular flexibility index (Phi) is 5.93. The van der Waals surface area contributed by atoms with Crippen molar-refractivity contribution < 1.29 is 27.5 Å². The van der Waals surface area contributed by atoms with E-state index in [1.54, 1.807) is 26.3 Å². The number of hydrogen-bond acceptors (Lipinski definition) is 8. The number of nitrogens with one attached hydrogen (secondary N) is 1. The fourth-order valence-corrected chi connectivity index (χ4v) is 6.31. The number of aromatic nitrogens is 2. The largest absolute Gasteiger partial charge is 0.497 e. The Bertz CT molecular complexity index is 1300. The minimum Gasteiger partial charge on any atom is -0.497 e. The van der Waals surface area contributed by atoms with E-state index < -0.39 is 27.9 Å². The molecule has 32 heavy (non-hydrogen) atoms. The molecule has 1 aliphatic heterocycles. The second kappa shape index (κ2) is 8.52. The van der Waals surface area contributed by atoms with Crippen LogP contribution in [-0.4, -0.2) is 61.0 Å². The normalized spacial score (nSPS) is 16.9. The van der Waals surface area contributed by atoms with Gasteiger partial charge in [0.1, 0.15) is 22.4 Å². The first-order valence-electron chi connectivity index (χ1n) is 9.76. The molecule has 1 amide bonds. The average Bonchev–Trinajstić information content (AvgIpc) is 3.50. The zero-order valence-electron chi connectivity index (χ0n) is 17.7. The number of anilines is 1. The highest BCUT2D eigenvalue weighted by Crippen LogP contribution is 2.31. The number of carbonyl (C=O) groups is 2. The van der Waals surface area contributed by atoms with Gasteiger partial charge in [0.15, 0.2) is 5.13 Å². The minimum atomic E-state index is -3.99. The monoisotopic (exact) mass is 478 g/mol. The number of amides is 1. The lowest BCUT2D eigenvalue weighted by Crippen LogP contribution is -2.43. The van der Waals surface area contributed by atoms with Gasteiger partial charge in [-0.3, -0.25) is 4.79 Å². The highest BCUT2D eigenvalue weighted by Gasteiger charge is 2.40. The maximum Gasteiger partial charge on any atom is 0.354 e. The Labute approximate surface area is 188 Å². The number of fused-ring (bicyclic) bond motifs is 1. The first-order valence-corrected chi connectivity index (χ1v) is 12.0. The molecule has 2 aromatic heterocycles. The van der Waals surface area contributed by atoms with Gasteiger partial charge in [0, 0.05) is 19.8 Å². The maximum atomic E-state index is 13.2. The topological polar surface area (TPSA) is 120 Å². The quantitative estimate of drug-likeness (QED) is 0.540. The predicted octanol–water partition coefficient (Wildman–Crippen LogP) is 2.22. The van der Waals surface area contributed by atoms with Crippen molar-refractivity contribution in [2.75, 3.05) is 26.1 Å². The molecule has 1 N–H and O–H groups in total. The number of sulfonamides is 1. The summed E-state index contributed by atoms with van der Waals surface area (Å²) < 4.78 is 39.8. The van der Waals surface area contributed by atoms with E-state index >= 15 is 0 Å². The summed E-state index contributed by atoms with van der Waals surface area (Å²) >= 11 is 1.28. The number of ether oxygens (including phenoxy) is 2. The SMILES string of the molecule is COC(=O)c1cc(S(=O)(=O)N2CCC[C@H]2C(=O)Nc2nc3ccc(OC)cc3s2)cn1C. The molecule has 0 radical (unpaired) electrons. The lowest BCUT2D eigenvalue weighted by atomic mass is 10.2. The van der Waals surface area contributed by atoms with E-state index in [1.807, 2.05) is 6.07 Å². The highest BCUT2D eigenvalue weighted by atomic mass is 32.2. The van der Waals surface area contributed by atoms with Gasteiger partial charge in [-0.25, -0.2) is 18.2 Å². The molecule has 3 aromatic rings. The summed E-state index contributed by atoms with van der Waals surface area (Å²) in [5, 5.41) is 3.13. The van der Waals surface area contributed by atoms with Crippen LogP contribution in [0.2, 0.25) is 0 Å². The second-order valence-corrected chi connectivity index (χ2v) is 10.2. The summed E-state index contributed by atoms with van der Waals surface area (Å²) in [4.78, 5) is 29.2. The fourth-order valence-electron chi connectivity index (χ4n) is 3.68. The molecule has 0 bridgehead atoms. The lowest BCUT2D eigenvalue weighted by molar-refractivity contribution is -0.119. The summed E-state index contributed by atoms with van der Waals surface area (Å²) in [5.74, 6) is -0.403. The molecule has 0 aliphatic carbocycles. The summed E-state index contributed by atoms with van der Waals surface area (Å²) in [5.41, 5.74) is 0.817. The van der Waals surface area contributed by atoms with Crippen molar-refractivity contribution in [3.63, 3.8) is 0 Å². The Morgan fingerprint density at radius 2 is 2.03 bits per heavy atom. The van der Waals surface area contributed by atoms with E-state index in [-0.39, 0.29) is 17.1 Å². The first-order chi connectivity index (χ1) is 15.2. The van der Waals surface area contributed by atoms with Crippen molar-refractivity contribution in [1.82, 2.24) is 13.9 Å². The van der Waals surface area contributed by atoms with Gasteiger partial charge < -0.3 is 19.4 Å². The molecule has 1 saturated heterocycles. The standard InChI is InChI=1S/C20H22N4O6S2/c1-23-11-13(10-16(23)19(26)30-3)32(27,28)24-8-4-5-15(24)18(25)22-20-21-14-7-6-12(29-2)9-17(14)31-20/h6-7,9-11,15H,4-5,8H2,1-3H3,(H,21,22,25)/t15-/m0/s1. The second-order valence-electron chi connectivity index (χ2n) is 7.28. The van der Waals surface area contributed by atoms with E-state index in [9.17, 15) is 18.0 Å². The molecule has 0 unspecified atom stereocenters. The molecule has 12 heteroatoms. The summed E-state index contributed by atoms with van der Waals surface area (Å²) in [6, 6.07) is 5.78. The third-order valence-electron chi connectivity index (χ3n) is 5.31. The Morgan fingerprint density at radius 1 is 1.25 bits per heavy atom. The number of rotatable bonds is 6. The molecule has 10 nitrogen and oxygen atoms in total. The van der Waals surface area contributed by atoms with Crippen LogP contribution in [0.5, 0.6) is 5.75 Å². The molecule has 170 valence electrons. The van der Waals surface area contributed by atoms with Gasteiger partial charge in [-0.05, 0) is 37.1 Å². The molecule has 1 aliphatic rings. The van der Waals surface area contributed by atoms with Crippen LogP contribution in [0.3, 0.4) is 0 Å². The van der Waals surface area contributed by atoms with E-state index in [0.29, 0.717) is 29.2 Å². The molecule has 0 saturated carbocycles. The number of nitrogens with zero attached hydrogens (tertiary/aromatic N) is 3. The molecule has 4 rings (SSSR count). The number of methoxy groups -OCH3 is 2. The zero-order chi connectivity index (χ0) is 23.0.